The average Bonchev–Trinajstić information content (AvgIpc) is 2.13. The lowest BCUT2D eigenvalue weighted by Crippen LogP contribution is -2.00. The van der Waals surface area contributed by atoms with Crippen LogP contribution in [-0.4, -0.2) is 30.0 Å². The lowest BCUT2D eigenvalue weighted by Gasteiger charge is -1.98. The lowest BCUT2D eigenvalue weighted by atomic mass is 10.4. The highest BCUT2D eigenvalue weighted by Gasteiger charge is 1.89. The third-order valence-electron chi connectivity index (χ3n) is 1.00. The molecule has 0 bridgehead atoms. The van der Waals surface area contributed by atoms with Crippen molar-refractivity contribution in [3.8, 4) is 0 Å². The van der Waals surface area contributed by atoms with E-state index in [0.717, 1.165) is 0 Å². The van der Waals surface area contributed by atoms with Gasteiger partial charge in [-0.3, -0.25) is 9.09 Å². The smallest absolute Gasteiger partial charge is 0.318 e. The maximum atomic E-state index is 9.78. The summed E-state index contributed by atoms with van der Waals surface area (Å²) in [4.78, 5) is 8.03. The Labute approximate surface area is 79.6 Å². The molecule has 0 rings (SSSR count). The minimum absolute atomic E-state index is 0.115. The maximum absolute atomic E-state index is 9.78. The lowest BCUT2D eigenvalue weighted by molar-refractivity contribution is -0.00212. The summed E-state index contributed by atoms with van der Waals surface area (Å²) in [7, 11) is -2.87. The Kier molecular flexibility index (Phi) is 17.4. The van der Waals surface area contributed by atoms with Crippen molar-refractivity contribution in [3.05, 3.63) is 0 Å². The van der Waals surface area contributed by atoms with Gasteiger partial charge >= 0.3 is 8.25 Å². The van der Waals surface area contributed by atoms with Crippen molar-refractivity contribution in [2.45, 2.75) is 26.7 Å². The molecule has 0 amide bonds. The van der Waals surface area contributed by atoms with E-state index in [1.807, 2.05) is 0 Å². The molecule has 0 fully saturated rings. The number of aliphatic hydroxyl groups is 1. The van der Waals surface area contributed by atoms with E-state index in [1.54, 1.807) is 0 Å². The monoisotopic (exact) mass is 214 g/mol. The molecule has 82 valence electrons. The van der Waals surface area contributed by atoms with E-state index in [1.165, 1.54) is 12.8 Å². The molecule has 0 aliphatic carbocycles. The summed E-state index contributed by atoms with van der Waals surface area (Å²) < 4.78 is 18.4. The molecule has 1 unspecified atom stereocenters. The van der Waals surface area contributed by atoms with Crippen LogP contribution in [0.3, 0.4) is 0 Å². The highest BCUT2D eigenvalue weighted by molar-refractivity contribution is 7.32. The summed E-state index contributed by atoms with van der Waals surface area (Å²) in [5.41, 5.74) is 0. The van der Waals surface area contributed by atoms with Gasteiger partial charge in [-0.15, -0.1) is 0 Å². The summed E-state index contributed by atoms with van der Waals surface area (Å²) in [6, 6.07) is 0. The molecule has 0 aliphatic rings. The standard InChI is InChI=1S/C4H10.C3H9O5P/c1-3-4-2;4-1-2-7-3-8-9(5)6/h3-4H2,1-2H3;4,9H,1-3H2,(H,5,6). The summed E-state index contributed by atoms with van der Waals surface area (Å²) in [6.07, 6.45) is 2.64. The van der Waals surface area contributed by atoms with Crippen LogP contribution < -0.4 is 0 Å². The van der Waals surface area contributed by atoms with Gasteiger partial charge in [0.15, 0.2) is 6.79 Å². The molecule has 0 aromatic carbocycles. The van der Waals surface area contributed by atoms with Crippen molar-refractivity contribution in [2.75, 3.05) is 20.0 Å². The third-order valence-corrected chi connectivity index (χ3v) is 1.37. The minimum atomic E-state index is -2.87. The van der Waals surface area contributed by atoms with E-state index in [2.05, 4.69) is 23.1 Å². The van der Waals surface area contributed by atoms with E-state index < -0.39 is 8.25 Å². The molecule has 6 heteroatoms. The van der Waals surface area contributed by atoms with Gasteiger partial charge in [0.05, 0.1) is 13.2 Å². The predicted molar refractivity (Wildman–Crippen MR) is 50.8 cm³/mol. The highest BCUT2D eigenvalue weighted by atomic mass is 31.1. The largest absolute Gasteiger partial charge is 0.394 e. The second-order valence-electron chi connectivity index (χ2n) is 2.16. The van der Waals surface area contributed by atoms with Crippen LogP contribution in [0.4, 0.5) is 0 Å². The molecule has 13 heavy (non-hydrogen) atoms. The van der Waals surface area contributed by atoms with Gasteiger partial charge in [-0.05, 0) is 0 Å². The molecule has 5 nitrogen and oxygen atoms in total. The Morgan fingerprint density at radius 3 is 2.15 bits per heavy atom. The third kappa shape index (κ3) is 24.5. The summed E-state index contributed by atoms with van der Waals surface area (Å²) in [5, 5.41) is 8.12. The molecular formula is C7H19O5P. The number of ether oxygens (including phenoxy) is 1. The Bertz CT molecular complexity index is 107. The van der Waals surface area contributed by atoms with Crippen molar-refractivity contribution in [1.29, 1.82) is 0 Å². The highest BCUT2D eigenvalue weighted by Crippen LogP contribution is 2.12. The molecule has 0 saturated heterocycles. The van der Waals surface area contributed by atoms with Crippen molar-refractivity contribution in [1.82, 2.24) is 0 Å². The van der Waals surface area contributed by atoms with Gasteiger partial charge in [-0.25, -0.2) is 0 Å². The Morgan fingerprint density at radius 1 is 1.31 bits per heavy atom. The van der Waals surface area contributed by atoms with Gasteiger partial charge in [0.1, 0.15) is 0 Å². The second kappa shape index (κ2) is 14.6. The van der Waals surface area contributed by atoms with Gasteiger partial charge in [-0.1, -0.05) is 26.7 Å². The van der Waals surface area contributed by atoms with Crippen LogP contribution in [0.15, 0.2) is 0 Å². The summed E-state index contributed by atoms with van der Waals surface area (Å²) >= 11 is 0. The molecule has 0 aromatic rings. The SMILES string of the molecule is CCCC.O=[PH](O)OCOCCO. The summed E-state index contributed by atoms with van der Waals surface area (Å²) in [6.45, 7) is 4.12. The molecule has 0 spiro atoms. The molecule has 2 N–H and O–H groups in total. The van der Waals surface area contributed by atoms with E-state index in [4.69, 9.17) is 10.00 Å². The van der Waals surface area contributed by atoms with Gasteiger partial charge in [0.25, 0.3) is 0 Å². The number of unbranched alkanes of at least 4 members (excludes halogenated alkanes) is 1. The van der Waals surface area contributed by atoms with E-state index in [0.29, 0.717) is 0 Å². The van der Waals surface area contributed by atoms with Crippen LogP contribution in [0.1, 0.15) is 26.7 Å². The van der Waals surface area contributed by atoms with Crippen LogP contribution in [0, 0.1) is 0 Å². The van der Waals surface area contributed by atoms with E-state index >= 15 is 0 Å². The first kappa shape index (κ1) is 15.5. The normalized spacial score (nSPS) is 11.7. The Morgan fingerprint density at radius 2 is 1.85 bits per heavy atom. The number of hydrogen-bond acceptors (Lipinski definition) is 4. The van der Waals surface area contributed by atoms with Crippen LogP contribution in [-0.2, 0) is 13.8 Å². The van der Waals surface area contributed by atoms with Crippen LogP contribution >= 0.6 is 8.25 Å². The summed E-state index contributed by atoms with van der Waals surface area (Å²) in [5.74, 6) is 0. The van der Waals surface area contributed by atoms with Crippen LogP contribution in [0.2, 0.25) is 0 Å². The van der Waals surface area contributed by atoms with Crippen molar-refractivity contribution in [3.63, 3.8) is 0 Å². The van der Waals surface area contributed by atoms with Crippen molar-refractivity contribution in [2.24, 2.45) is 0 Å². The van der Waals surface area contributed by atoms with Crippen LogP contribution in [0.5, 0.6) is 0 Å². The van der Waals surface area contributed by atoms with Gasteiger partial charge in [0.2, 0.25) is 0 Å². The molecular weight excluding hydrogens is 195 g/mol. The first-order valence-corrected chi connectivity index (χ1v) is 5.49. The zero-order valence-corrected chi connectivity index (χ0v) is 9.15. The predicted octanol–water partition coefficient (Wildman–Crippen LogP) is 1.16. The molecule has 0 heterocycles. The molecule has 0 radical (unpaired) electrons. The van der Waals surface area contributed by atoms with Crippen LogP contribution in [0.25, 0.3) is 0 Å². The number of aliphatic hydroxyl groups excluding tert-OH is 1. The first-order chi connectivity index (χ1) is 6.18. The van der Waals surface area contributed by atoms with Crippen molar-refractivity contribution >= 4 is 8.25 Å². The van der Waals surface area contributed by atoms with E-state index in [-0.39, 0.29) is 20.0 Å². The Balaban J connectivity index is 0. The fourth-order valence-electron chi connectivity index (χ4n) is 0.216. The van der Waals surface area contributed by atoms with Crippen molar-refractivity contribution < 1.29 is 23.8 Å². The molecule has 0 saturated carbocycles. The number of hydrogen-bond donors (Lipinski definition) is 2. The average molecular weight is 214 g/mol. The first-order valence-electron chi connectivity index (χ1n) is 4.23. The maximum Gasteiger partial charge on any atom is 0.318 e. The quantitative estimate of drug-likeness (QED) is 0.394. The topological polar surface area (TPSA) is 76.0 Å². The Hall–Kier alpha value is 0.0700. The van der Waals surface area contributed by atoms with Gasteiger partial charge in [0, 0.05) is 0 Å². The zero-order valence-electron chi connectivity index (χ0n) is 8.15. The van der Waals surface area contributed by atoms with Gasteiger partial charge in [-0.2, -0.15) is 0 Å². The fourth-order valence-corrected chi connectivity index (χ4v) is 0.400. The molecule has 0 aliphatic heterocycles. The number of rotatable bonds is 6. The second-order valence-corrected chi connectivity index (χ2v) is 2.98. The van der Waals surface area contributed by atoms with Gasteiger partial charge < -0.3 is 14.7 Å². The molecule has 0 aromatic heterocycles. The zero-order chi connectivity index (χ0) is 10.5. The van der Waals surface area contributed by atoms with E-state index in [9.17, 15) is 4.57 Å². The fraction of sp³-hybridized carbons (Fsp3) is 1.00. The molecule has 1 atom stereocenters. The minimum Gasteiger partial charge on any atom is -0.394 e.